The van der Waals surface area contributed by atoms with Crippen molar-refractivity contribution in [3.05, 3.63) is 122 Å². The minimum atomic E-state index is -4.99. The fourth-order valence-corrected chi connectivity index (χ4v) is 11.9. The molecular weight excluding hydrogens is 1330 g/mol. The quantitative estimate of drug-likeness (QED) is 0.0169. The lowest BCUT2D eigenvalue weighted by molar-refractivity contribution is -0.161. The number of carbonyl (C=O) groups excluding carboxylic acids is 4. The van der Waals surface area contributed by atoms with Crippen molar-refractivity contribution < 1.29 is 80.2 Å². The van der Waals surface area contributed by atoms with Gasteiger partial charge in [-0.15, -0.1) is 0 Å². The van der Waals surface area contributed by atoms with Crippen molar-refractivity contribution in [1.82, 2.24) is 0 Å². The molecule has 5 unspecified atom stereocenters. The van der Waals surface area contributed by atoms with Gasteiger partial charge in [0.15, 0.2) is 12.2 Å². The Morgan fingerprint density at radius 1 is 0.284 bits per heavy atom. The van der Waals surface area contributed by atoms with Gasteiger partial charge in [0.05, 0.1) is 26.4 Å². The minimum Gasteiger partial charge on any atom is -0.462 e. The van der Waals surface area contributed by atoms with E-state index in [1.165, 1.54) is 51.4 Å². The zero-order valence-corrected chi connectivity index (χ0v) is 65.8. The first-order chi connectivity index (χ1) is 49.7. The molecule has 0 aliphatic rings. The molecule has 0 aromatic heterocycles. The van der Waals surface area contributed by atoms with Crippen LogP contribution in [0.3, 0.4) is 0 Å². The Labute approximate surface area is 619 Å². The van der Waals surface area contributed by atoms with E-state index in [1.54, 1.807) is 0 Å². The molecule has 3 N–H and O–H groups in total. The number of hydrogen-bond donors (Lipinski definition) is 3. The summed E-state index contributed by atoms with van der Waals surface area (Å²) in [5, 5.41) is 10.6. The molecule has 0 rings (SSSR count). The van der Waals surface area contributed by atoms with Gasteiger partial charge in [0.1, 0.15) is 19.3 Å². The SMILES string of the molecule is CC/C=C\C/C=C\C/C=C\C/C=C\C/C=C\CCCCCC(=O)OCC(COP(=O)(O)OCC(O)COP(=O)(O)OCC(COC(=O)CCCCCCC/C=C\CCCCCCCC)OC(=O)CCCCCCC/C=C\CCCC)OC(=O)CCCCCCCCC/C=C\C/C=C\C/C=C\CC. The number of phosphoric acid groups is 2. The lowest BCUT2D eigenvalue weighted by Crippen LogP contribution is -2.30. The van der Waals surface area contributed by atoms with Crippen molar-refractivity contribution >= 4 is 39.5 Å². The van der Waals surface area contributed by atoms with Crippen LogP contribution in [-0.4, -0.2) is 96.7 Å². The predicted molar refractivity (Wildman–Crippen MR) is 418 cm³/mol. The molecule has 19 heteroatoms. The highest BCUT2D eigenvalue weighted by atomic mass is 31.2. The predicted octanol–water partition coefficient (Wildman–Crippen LogP) is 23.1. The molecule has 102 heavy (non-hydrogen) atoms. The van der Waals surface area contributed by atoms with Gasteiger partial charge in [-0.3, -0.25) is 37.3 Å². The van der Waals surface area contributed by atoms with Gasteiger partial charge in [-0.2, -0.15) is 0 Å². The maximum Gasteiger partial charge on any atom is 0.472 e. The smallest absolute Gasteiger partial charge is 0.462 e. The van der Waals surface area contributed by atoms with Crippen LogP contribution in [0.15, 0.2) is 122 Å². The Hall–Kier alpha value is -4.54. The molecule has 17 nitrogen and oxygen atoms in total. The van der Waals surface area contributed by atoms with Gasteiger partial charge in [0.2, 0.25) is 0 Å². The van der Waals surface area contributed by atoms with Crippen LogP contribution in [0.25, 0.3) is 0 Å². The molecule has 0 fully saturated rings. The molecule has 0 bridgehead atoms. The number of unbranched alkanes of at least 4 members (excludes halogenated alkanes) is 28. The summed E-state index contributed by atoms with van der Waals surface area (Å²) in [5.74, 6) is -2.23. The van der Waals surface area contributed by atoms with E-state index in [0.29, 0.717) is 25.7 Å². The van der Waals surface area contributed by atoms with Crippen LogP contribution in [0, 0.1) is 0 Å². The van der Waals surface area contributed by atoms with Crippen molar-refractivity contribution in [3.8, 4) is 0 Å². The first-order valence-electron chi connectivity index (χ1n) is 39.8. The normalized spacial score (nSPS) is 14.5. The van der Waals surface area contributed by atoms with Crippen LogP contribution in [0.4, 0.5) is 0 Å². The molecule has 0 saturated heterocycles. The number of carbonyl (C=O) groups is 4. The standard InChI is InChI=1S/C83H142O17P2/c1-5-9-13-17-21-25-29-32-35-37-38-40-42-45-49-52-56-60-64-68-81(86)94-74-79(100-83(88)70-66-62-58-54-50-46-43-39-36-33-30-26-22-18-14-10-6-2)76-98-102(91,92)96-72-77(84)71-95-101(89,90)97-75-78(99-82(87)69-65-61-57-53-47-28-24-20-16-12-8-4)73-93-80(85)67-63-59-55-51-48-44-41-34-31-27-23-19-15-11-7-3/h9-10,13-14,20-22,24-26,32-36,38,40-41,45,49,77-79,84H,5-8,11-12,15-19,23,27-31,37,39,42-44,46-48,50-76H2,1-4H3,(H,89,90)(H,91,92)/b13-9-,14-10-,24-20-,25-21-,26-22-,35-32-,36-33-,40-38-,41-34-,49-45-. The van der Waals surface area contributed by atoms with E-state index in [1.807, 2.05) is 0 Å². The molecule has 0 aromatic carbocycles. The number of phosphoric ester groups is 2. The fraction of sp³-hybridized carbons (Fsp3) is 0.711. The summed E-state index contributed by atoms with van der Waals surface area (Å²) in [4.78, 5) is 73.0. The second-order valence-corrected chi connectivity index (χ2v) is 29.1. The Bertz CT molecular complexity index is 2410. The van der Waals surface area contributed by atoms with E-state index in [2.05, 4.69) is 149 Å². The van der Waals surface area contributed by atoms with Crippen molar-refractivity contribution in [2.75, 3.05) is 39.6 Å². The zero-order chi connectivity index (χ0) is 74.6. The van der Waals surface area contributed by atoms with E-state index in [9.17, 15) is 43.2 Å². The summed E-state index contributed by atoms with van der Waals surface area (Å²) >= 11 is 0. The van der Waals surface area contributed by atoms with Gasteiger partial charge >= 0.3 is 39.5 Å². The minimum absolute atomic E-state index is 0.0734. The van der Waals surface area contributed by atoms with Gasteiger partial charge in [0.25, 0.3) is 0 Å². The molecular formula is C83H142O17P2. The van der Waals surface area contributed by atoms with Crippen LogP contribution < -0.4 is 0 Å². The summed E-state index contributed by atoms with van der Waals surface area (Å²) in [6.07, 6.45) is 81.8. The molecule has 0 heterocycles. The van der Waals surface area contributed by atoms with Gasteiger partial charge < -0.3 is 33.8 Å². The summed E-state index contributed by atoms with van der Waals surface area (Å²) in [6, 6.07) is 0. The summed E-state index contributed by atoms with van der Waals surface area (Å²) in [6.45, 7) is 4.56. The molecule has 0 spiro atoms. The molecule has 0 radical (unpaired) electrons. The van der Waals surface area contributed by atoms with Gasteiger partial charge in [-0.25, -0.2) is 9.13 Å². The average molecular weight is 1470 g/mol. The lowest BCUT2D eigenvalue weighted by Gasteiger charge is -2.21. The van der Waals surface area contributed by atoms with Crippen molar-refractivity contribution in [3.63, 3.8) is 0 Å². The van der Waals surface area contributed by atoms with Crippen LogP contribution in [0.5, 0.6) is 0 Å². The number of esters is 4. The Morgan fingerprint density at radius 2 is 0.520 bits per heavy atom. The van der Waals surface area contributed by atoms with Crippen molar-refractivity contribution in [2.24, 2.45) is 0 Å². The third-order valence-electron chi connectivity index (χ3n) is 16.4. The molecule has 586 valence electrons. The Kier molecular flexibility index (Phi) is 71.4. The number of aliphatic hydroxyl groups is 1. The largest absolute Gasteiger partial charge is 0.472 e. The van der Waals surface area contributed by atoms with E-state index in [-0.39, 0.29) is 25.7 Å². The van der Waals surface area contributed by atoms with Crippen LogP contribution in [-0.2, 0) is 65.4 Å². The summed E-state index contributed by atoms with van der Waals surface area (Å²) in [7, 11) is -9.97. The number of rotatable bonds is 74. The number of aliphatic hydroxyl groups excluding tert-OH is 1. The van der Waals surface area contributed by atoms with Crippen molar-refractivity contribution in [1.29, 1.82) is 0 Å². The molecule has 0 saturated carbocycles. The third-order valence-corrected chi connectivity index (χ3v) is 18.3. The fourth-order valence-electron chi connectivity index (χ4n) is 10.4. The highest BCUT2D eigenvalue weighted by Gasteiger charge is 2.30. The van der Waals surface area contributed by atoms with Crippen LogP contribution in [0.1, 0.15) is 323 Å². The number of allylic oxidation sites excluding steroid dienone is 20. The maximum atomic E-state index is 13.1. The zero-order valence-electron chi connectivity index (χ0n) is 64.0. The Morgan fingerprint density at radius 3 is 0.833 bits per heavy atom. The summed E-state index contributed by atoms with van der Waals surface area (Å²) < 4.78 is 68.5. The average Bonchev–Trinajstić information content (AvgIpc) is 0.921. The molecule has 0 aliphatic carbocycles. The lowest BCUT2D eigenvalue weighted by atomic mass is 10.1. The van der Waals surface area contributed by atoms with E-state index in [0.717, 1.165) is 193 Å². The first kappa shape index (κ1) is 97.5. The second kappa shape index (κ2) is 74.7. The highest BCUT2D eigenvalue weighted by molar-refractivity contribution is 7.47. The summed E-state index contributed by atoms with van der Waals surface area (Å²) in [5.41, 5.74) is 0. The van der Waals surface area contributed by atoms with Crippen LogP contribution in [0.2, 0.25) is 0 Å². The highest BCUT2D eigenvalue weighted by Crippen LogP contribution is 2.45. The molecule has 5 atom stereocenters. The van der Waals surface area contributed by atoms with E-state index in [4.69, 9.17) is 37.0 Å². The topological polar surface area (TPSA) is 237 Å². The van der Waals surface area contributed by atoms with Gasteiger partial charge in [-0.05, 0) is 148 Å². The third kappa shape index (κ3) is 73.8. The Balaban J connectivity index is 5.38. The second-order valence-electron chi connectivity index (χ2n) is 26.2. The molecule has 0 amide bonds. The van der Waals surface area contributed by atoms with E-state index < -0.39 is 97.5 Å². The van der Waals surface area contributed by atoms with Crippen LogP contribution >= 0.6 is 15.6 Å². The van der Waals surface area contributed by atoms with E-state index >= 15 is 0 Å². The van der Waals surface area contributed by atoms with Gasteiger partial charge in [-0.1, -0.05) is 271 Å². The monoisotopic (exact) mass is 1470 g/mol. The van der Waals surface area contributed by atoms with Gasteiger partial charge in [0, 0.05) is 25.7 Å². The first-order valence-corrected chi connectivity index (χ1v) is 42.8. The molecule has 0 aliphatic heterocycles. The maximum absolute atomic E-state index is 13.1. The number of ether oxygens (including phenoxy) is 4. The number of hydrogen-bond acceptors (Lipinski definition) is 15. The molecule has 0 aromatic rings. The van der Waals surface area contributed by atoms with Crippen molar-refractivity contribution in [2.45, 2.75) is 341 Å².